The fraction of sp³-hybridized carbons (Fsp3) is 0.250. The van der Waals surface area contributed by atoms with Crippen LogP contribution < -0.4 is 11.9 Å². The summed E-state index contributed by atoms with van der Waals surface area (Å²) in [4.78, 5) is 0. The van der Waals surface area contributed by atoms with E-state index in [0.29, 0.717) is 0 Å². The molecule has 0 bridgehead atoms. The first kappa shape index (κ1) is 11.7. The van der Waals surface area contributed by atoms with Gasteiger partial charge in [0, 0.05) is 5.69 Å². The van der Waals surface area contributed by atoms with Crippen molar-refractivity contribution in [1.82, 2.24) is 6.15 Å². The number of benzene rings is 1. The summed E-state index contributed by atoms with van der Waals surface area (Å²) in [7, 11) is 0. The molecule has 0 atom stereocenters. The molecule has 0 aliphatic rings. The molecule has 0 heterocycles. The number of hydrogen-bond acceptors (Lipinski definition) is 2. The Kier molecular flexibility index (Phi) is 9.37. The van der Waals surface area contributed by atoms with Crippen LogP contribution in [0.25, 0.3) is 0 Å². The van der Waals surface area contributed by atoms with E-state index in [1.54, 1.807) is 0 Å². The minimum Gasteiger partial charge on any atom is -0.399 e. The molecule has 1 aromatic rings. The Bertz CT molecular complexity index is 137. The average molecular weight is 140 g/mol. The fourth-order valence-electron chi connectivity index (χ4n) is 0.453. The van der Waals surface area contributed by atoms with Gasteiger partial charge in [-0.15, -0.1) is 0 Å². The fourth-order valence-corrected chi connectivity index (χ4v) is 0.453. The number of rotatable bonds is 0. The van der Waals surface area contributed by atoms with Crippen LogP contribution in [0.2, 0.25) is 0 Å². The van der Waals surface area contributed by atoms with Gasteiger partial charge in [0.05, 0.1) is 0 Å². The highest BCUT2D eigenvalue weighted by Gasteiger charge is 1.72. The van der Waals surface area contributed by atoms with Crippen molar-refractivity contribution in [2.45, 2.75) is 13.8 Å². The van der Waals surface area contributed by atoms with Gasteiger partial charge in [0.15, 0.2) is 0 Å². The summed E-state index contributed by atoms with van der Waals surface area (Å²) >= 11 is 0. The lowest BCUT2D eigenvalue weighted by molar-refractivity contribution is 1.50. The van der Waals surface area contributed by atoms with Gasteiger partial charge in [-0.3, -0.25) is 0 Å². The van der Waals surface area contributed by atoms with Gasteiger partial charge in [-0.25, -0.2) is 0 Å². The molecule has 2 heteroatoms. The molecule has 5 N–H and O–H groups in total. The first-order valence-electron chi connectivity index (χ1n) is 3.20. The van der Waals surface area contributed by atoms with Crippen LogP contribution in [0.3, 0.4) is 0 Å². The van der Waals surface area contributed by atoms with Crippen molar-refractivity contribution in [3.63, 3.8) is 0 Å². The highest BCUT2D eigenvalue weighted by Crippen LogP contribution is 1.95. The van der Waals surface area contributed by atoms with Crippen LogP contribution in [0.15, 0.2) is 30.3 Å². The molecule has 1 aromatic carbocycles. The molecule has 0 fully saturated rings. The maximum Gasteiger partial charge on any atom is 0.0313 e. The quantitative estimate of drug-likeness (QED) is 0.544. The van der Waals surface area contributed by atoms with E-state index in [9.17, 15) is 0 Å². The molecule has 1 rings (SSSR count). The van der Waals surface area contributed by atoms with E-state index in [1.165, 1.54) is 0 Å². The third-order valence-electron chi connectivity index (χ3n) is 0.800. The Labute approximate surface area is 62.6 Å². The number of nitrogens with two attached hydrogens (primary N) is 1. The van der Waals surface area contributed by atoms with Gasteiger partial charge >= 0.3 is 0 Å². The van der Waals surface area contributed by atoms with E-state index in [-0.39, 0.29) is 6.15 Å². The summed E-state index contributed by atoms with van der Waals surface area (Å²) in [5, 5.41) is 0. The van der Waals surface area contributed by atoms with Crippen LogP contribution in [0.1, 0.15) is 13.8 Å². The number of hydrogen-bond donors (Lipinski definition) is 2. The van der Waals surface area contributed by atoms with E-state index in [2.05, 4.69) is 0 Å². The van der Waals surface area contributed by atoms with E-state index in [4.69, 9.17) is 5.73 Å². The molecule has 0 amide bonds. The molecule has 0 aliphatic heterocycles. The highest BCUT2D eigenvalue weighted by molar-refractivity contribution is 5.35. The standard InChI is InChI=1S/C6H7N.C2H6.H3N/c7-6-4-2-1-3-5-6;1-2;/h1-5H,7H2;1-2H3;1H3. The maximum atomic E-state index is 5.36. The topological polar surface area (TPSA) is 61.0 Å². The van der Waals surface area contributed by atoms with Crippen LogP contribution in [0.5, 0.6) is 0 Å². The van der Waals surface area contributed by atoms with Gasteiger partial charge in [0.2, 0.25) is 0 Å². The van der Waals surface area contributed by atoms with E-state index in [0.717, 1.165) is 5.69 Å². The van der Waals surface area contributed by atoms with Crippen LogP contribution in [0, 0.1) is 0 Å². The van der Waals surface area contributed by atoms with Crippen LogP contribution in [-0.4, -0.2) is 0 Å². The third kappa shape index (κ3) is 5.12. The maximum absolute atomic E-state index is 5.36. The Morgan fingerprint density at radius 3 is 1.60 bits per heavy atom. The van der Waals surface area contributed by atoms with Crippen molar-refractivity contribution in [1.29, 1.82) is 0 Å². The van der Waals surface area contributed by atoms with Crippen molar-refractivity contribution in [3.8, 4) is 0 Å². The molecule has 0 spiro atoms. The van der Waals surface area contributed by atoms with Crippen molar-refractivity contribution in [2.24, 2.45) is 0 Å². The second kappa shape index (κ2) is 7.98. The van der Waals surface area contributed by atoms with Crippen molar-refractivity contribution in [2.75, 3.05) is 5.73 Å². The first-order chi connectivity index (χ1) is 4.39. The second-order valence-electron chi connectivity index (χ2n) is 1.41. The van der Waals surface area contributed by atoms with E-state index < -0.39 is 0 Å². The Morgan fingerprint density at radius 2 is 1.40 bits per heavy atom. The molecule has 0 saturated heterocycles. The summed E-state index contributed by atoms with van der Waals surface area (Å²) < 4.78 is 0. The van der Waals surface area contributed by atoms with Crippen LogP contribution in [-0.2, 0) is 0 Å². The van der Waals surface area contributed by atoms with Gasteiger partial charge < -0.3 is 11.9 Å². The summed E-state index contributed by atoms with van der Waals surface area (Å²) in [6.45, 7) is 4.00. The smallest absolute Gasteiger partial charge is 0.0313 e. The molecule has 58 valence electrons. The normalized spacial score (nSPS) is 6.60. The van der Waals surface area contributed by atoms with Crippen LogP contribution in [0.4, 0.5) is 5.69 Å². The Morgan fingerprint density at radius 1 is 1.00 bits per heavy atom. The summed E-state index contributed by atoms with van der Waals surface area (Å²) in [6, 6.07) is 9.49. The van der Waals surface area contributed by atoms with Crippen molar-refractivity contribution < 1.29 is 0 Å². The molecular formula is C8H16N2. The average Bonchev–Trinajstić information content (AvgIpc) is 1.94. The number of para-hydroxylation sites is 1. The zero-order valence-corrected chi connectivity index (χ0v) is 6.67. The van der Waals surface area contributed by atoms with Gasteiger partial charge in [0.25, 0.3) is 0 Å². The third-order valence-corrected chi connectivity index (χ3v) is 0.800. The zero-order valence-electron chi connectivity index (χ0n) is 6.67. The SMILES string of the molecule is CC.N.Nc1ccccc1. The lowest BCUT2D eigenvalue weighted by Gasteiger charge is -1.83. The predicted octanol–water partition coefficient (Wildman–Crippen LogP) is 2.46. The first-order valence-corrected chi connectivity index (χ1v) is 3.20. The molecular weight excluding hydrogens is 124 g/mol. The molecule has 0 aliphatic carbocycles. The van der Waals surface area contributed by atoms with Gasteiger partial charge in [-0.2, -0.15) is 0 Å². The molecule has 0 unspecified atom stereocenters. The van der Waals surface area contributed by atoms with Crippen molar-refractivity contribution in [3.05, 3.63) is 30.3 Å². The molecule has 10 heavy (non-hydrogen) atoms. The largest absolute Gasteiger partial charge is 0.399 e. The highest BCUT2D eigenvalue weighted by atomic mass is 14.5. The number of nitrogen functional groups attached to an aromatic ring is 1. The Balaban J connectivity index is 0. The zero-order chi connectivity index (χ0) is 7.11. The predicted molar refractivity (Wildman–Crippen MR) is 47.2 cm³/mol. The molecule has 0 saturated carbocycles. The summed E-state index contributed by atoms with van der Waals surface area (Å²) in [5.74, 6) is 0. The monoisotopic (exact) mass is 140 g/mol. The summed E-state index contributed by atoms with van der Waals surface area (Å²) in [5.41, 5.74) is 6.18. The summed E-state index contributed by atoms with van der Waals surface area (Å²) in [6.07, 6.45) is 0. The van der Waals surface area contributed by atoms with E-state index in [1.807, 2.05) is 44.2 Å². The van der Waals surface area contributed by atoms with E-state index >= 15 is 0 Å². The Hall–Kier alpha value is -1.02. The number of anilines is 1. The second-order valence-corrected chi connectivity index (χ2v) is 1.41. The van der Waals surface area contributed by atoms with Crippen molar-refractivity contribution >= 4 is 5.69 Å². The minimum absolute atomic E-state index is 0. The lowest BCUT2D eigenvalue weighted by atomic mass is 10.3. The van der Waals surface area contributed by atoms with Gasteiger partial charge in [-0.05, 0) is 12.1 Å². The minimum atomic E-state index is 0. The molecule has 2 nitrogen and oxygen atoms in total. The lowest BCUT2D eigenvalue weighted by Crippen LogP contribution is -1.79. The molecule has 0 radical (unpaired) electrons. The van der Waals surface area contributed by atoms with Gasteiger partial charge in [-0.1, -0.05) is 32.0 Å². The molecule has 0 aromatic heterocycles. The van der Waals surface area contributed by atoms with Crippen LogP contribution >= 0.6 is 0 Å². The van der Waals surface area contributed by atoms with Gasteiger partial charge in [0.1, 0.15) is 0 Å².